The molecule has 0 saturated carbocycles. The van der Waals surface area contributed by atoms with Crippen LogP contribution < -0.4 is 10.1 Å². The number of hydrogen-bond donors (Lipinski definition) is 1. The Labute approximate surface area is 126 Å². The van der Waals surface area contributed by atoms with Gasteiger partial charge in [0.25, 0.3) is 5.91 Å². The maximum atomic E-state index is 13.4. The van der Waals surface area contributed by atoms with Gasteiger partial charge >= 0.3 is 6.18 Å². The van der Waals surface area contributed by atoms with Crippen molar-refractivity contribution in [3.8, 4) is 5.88 Å². The first kappa shape index (κ1) is 16.7. The second kappa shape index (κ2) is 6.59. The third-order valence-corrected chi connectivity index (χ3v) is 2.56. The van der Waals surface area contributed by atoms with E-state index in [1.165, 1.54) is 0 Å². The zero-order valence-electron chi connectivity index (χ0n) is 11.3. The van der Waals surface area contributed by atoms with Crippen LogP contribution in [0.2, 0.25) is 0 Å². The van der Waals surface area contributed by atoms with E-state index in [0.29, 0.717) is 6.07 Å². The molecule has 1 N–H and O–H groups in total. The summed E-state index contributed by atoms with van der Waals surface area (Å²) in [5, 5.41) is 2.19. The van der Waals surface area contributed by atoms with Gasteiger partial charge in [0.05, 0.1) is 11.3 Å². The minimum atomic E-state index is -4.50. The molecule has 0 radical (unpaired) electrons. The summed E-state index contributed by atoms with van der Waals surface area (Å²) in [6, 6.07) is 4.83. The van der Waals surface area contributed by atoms with E-state index in [-0.39, 0.29) is 17.1 Å². The van der Waals surface area contributed by atoms with E-state index in [0.717, 1.165) is 30.5 Å². The summed E-state index contributed by atoms with van der Waals surface area (Å²) in [4.78, 5) is 15.4. The zero-order valence-corrected chi connectivity index (χ0v) is 11.3. The van der Waals surface area contributed by atoms with Gasteiger partial charge in [0.2, 0.25) is 5.88 Å². The molecular formula is C14H9F5N2O2. The van der Waals surface area contributed by atoms with Crippen LogP contribution >= 0.6 is 0 Å². The molecule has 1 aromatic carbocycles. The third-order valence-electron chi connectivity index (χ3n) is 2.56. The maximum Gasteiger partial charge on any atom is 0.422 e. The second-order valence-corrected chi connectivity index (χ2v) is 4.37. The minimum Gasteiger partial charge on any atom is -0.468 e. The predicted octanol–water partition coefficient (Wildman–Crippen LogP) is 3.55. The lowest BCUT2D eigenvalue weighted by Crippen LogP contribution is -2.19. The molecule has 23 heavy (non-hydrogen) atoms. The Morgan fingerprint density at radius 1 is 1.17 bits per heavy atom. The van der Waals surface area contributed by atoms with Crippen LogP contribution in [0.4, 0.5) is 27.6 Å². The van der Waals surface area contributed by atoms with Crippen LogP contribution in [0.25, 0.3) is 0 Å². The first-order chi connectivity index (χ1) is 10.7. The van der Waals surface area contributed by atoms with E-state index >= 15 is 0 Å². The molecule has 0 saturated heterocycles. The van der Waals surface area contributed by atoms with Crippen molar-refractivity contribution in [3.63, 3.8) is 0 Å². The van der Waals surface area contributed by atoms with Gasteiger partial charge in [0, 0.05) is 18.3 Å². The molecule has 0 spiro atoms. The lowest BCUT2D eigenvalue weighted by atomic mass is 10.2. The fourth-order valence-corrected chi connectivity index (χ4v) is 1.54. The molecule has 2 rings (SSSR count). The quantitative estimate of drug-likeness (QED) is 0.871. The Morgan fingerprint density at radius 3 is 2.48 bits per heavy atom. The maximum absolute atomic E-state index is 13.4. The number of amides is 1. The summed E-state index contributed by atoms with van der Waals surface area (Å²) in [6.07, 6.45) is -3.53. The fourth-order valence-electron chi connectivity index (χ4n) is 1.54. The number of pyridine rings is 1. The first-order valence-electron chi connectivity index (χ1n) is 6.16. The number of aromatic nitrogens is 1. The highest BCUT2D eigenvalue weighted by atomic mass is 19.4. The summed E-state index contributed by atoms with van der Waals surface area (Å²) in [5.41, 5.74) is -0.276. The highest BCUT2D eigenvalue weighted by Gasteiger charge is 2.28. The van der Waals surface area contributed by atoms with Gasteiger partial charge < -0.3 is 10.1 Å². The number of nitrogens with zero attached hydrogens (tertiary/aromatic N) is 1. The van der Waals surface area contributed by atoms with E-state index in [1.807, 2.05) is 0 Å². The number of carbonyl (C=O) groups is 1. The number of halogens is 5. The van der Waals surface area contributed by atoms with Gasteiger partial charge in [-0.25, -0.2) is 13.8 Å². The highest BCUT2D eigenvalue weighted by Crippen LogP contribution is 2.18. The standard InChI is InChI=1S/C14H9F5N2O2/c15-9-2-3-11(10(16)5-9)21-13(22)8-1-4-12(20-6-8)23-7-14(17,18)19/h1-6H,7H2,(H,21,22). The summed E-state index contributed by atoms with van der Waals surface area (Å²) in [7, 11) is 0. The summed E-state index contributed by atoms with van der Waals surface area (Å²) < 4.78 is 66.5. The van der Waals surface area contributed by atoms with Crippen molar-refractivity contribution >= 4 is 11.6 Å². The van der Waals surface area contributed by atoms with Crippen LogP contribution in [0.1, 0.15) is 10.4 Å². The number of nitrogens with one attached hydrogen (secondary N) is 1. The molecule has 4 nitrogen and oxygen atoms in total. The van der Waals surface area contributed by atoms with Gasteiger partial charge in [-0.05, 0) is 18.2 Å². The van der Waals surface area contributed by atoms with Crippen molar-refractivity contribution in [1.29, 1.82) is 0 Å². The molecule has 0 atom stereocenters. The van der Waals surface area contributed by atoms with Crippen LogP contribution in [0.5, 0.6) is 5.88 Å². The number of hydrogen-bond acceptors (Lipinski definition) is 3. The van der Waals surface area contributed by atoms with Crippen molar-refractivity contribution in [2.75, 3.05) is 11.9 Å². The SMILES string of the molecule is O=C(Nc1ccc(F)cc1F)c1ccc(OCC(F)(F)F)nc1. The van der Waals surface area contributed by atoms with Crippen LogP contribution in [0.3, 0.4) is 0 Å². The largest absolute Gasteiger partial charge is 0.468 e. The van der Waals surface area contributed by atoms with E-state index in [1.54, 1.807) is 0 Å². The number of rotatable bonds is 4. The van der Waals surface area contributed by atoms with Gasteiger partial charge in [-0.1, -0.05) is 0 Å². The third kappa shape index (κ3) is 4.90. The highest BCUT2D eigenvalue weighted by molar-refractivity contribution is 6.04. The normalized spacial score (nSPS) is 11.2. The second-order valence-electron chi connectivity index (χ2n) is 4.37. The molecular weight excluding hydrogens is 323 g/mol. The Balaban J connectivity index is 2.02. The van der Waals surface area contributed by atoms with E-state index in [2.05, 4.69) is 15.0 Å². The number of anilines is 1. The number of carbonyl (C=O) groups excluding carboxylic acids is 1. The molecule has 9 heteroatoms. The van der Waals surface area contributed by atoms with Gasteiger partial charge in [-0.3, -0.25) is 4.79 Å². The minimum absolute atomic E-state index is 0.0342. The smallest absolute Gasteiger partial charge is 0.422 e. The average Bonchev–Trinajstić information content (AvgIpc) is 2.48. The van der Waals surface area contributed by atoms with Crippen molar-refractivity contribution in [1.82, 2.24) is 4.98 Å². The predicted molar refractivity (Wildman–Crippen MR) is 70.1 cm³/mol. The molecule has 0 aliphatic rings. The Morgan fingerprint density at radius 2 is 1.91 bits per heavy atom. The molecule has 0 fully saturated rings. The Kier molecular flexibility index (Phi) is 4.77. The number of ether oxygens (including phenoxy) is 1. The molecule has 1 heterocycles. The zero-order chi connectivity index (χ0) is 17.0. The van der Waals surface area contributed by atoms with Gasteiger partial charge in [0.1, 0.15) is 11.6 Å². The first-order valence-corrected chi connectivity index (χ1v) is 6.16. The molecule has 1 amide bonds. The Hall–Kier alpha value is -2.71. The molecule has 0 aliphatic carbocycles. The van der Waals surface area contributed by atoms with Crippen LogP contribution in [0.15, 0.2) is 36.5 Å². The van der Waals surface area contributed by atoms with Crippen molar-refractivity contribution < 1.29 is 31.5 Å². The lowest BCUT2D eigenvalue weighted by molar-refractivity contribution is -0.154. The van der Waals surface area contributed by atoms with Crippen LogP contribution in [-0.2, 0) is 0 Å². The number of alkyl halides is 3. The van der Waals surface area contributed by atoms with Crippen molar-refractivity contribution in [2.45, 2.75) is 6.18 Å². The topological polar surface area (TPSA) is 51.2 Å². The van der Waals surface area contributed by atoms with Crippen LogP contribution in [0, 0.1) is 11.6 Å². The van der Waals surface area contributed by atoms with E-state index in [4.69, 9.17) is 0 Å². The van der Waals surface area contributed by atoms with Crippen LogP contribution in [-0.4, -0.2) is 23.7 Å². The van der Waals surface area contributed by atoms with Crippen molar-refractivity contribution in [2.24, 2.45) is 0 Å². The molecule has 0 unspecified atom stereocenters. The van der Waals surface area contributed by atoms with E-state index in [9.17, 15) is 26.7 Å². The van der Waals surface area contributed by atoms with Gasteiger partial charge in [-0.2, -0.15) is 13.2 Å². The summed E-state index contributed by atoms with van der Waals surface area (Å²) in [5.74, 6) is -2.83. The molecule has 0 aliphatic heterocycles. The molecule has 0 bridgehead atoms. The number of benzene rings is 1. The molecule has 2 aromatic rings. The molecule has 1 aromatic heterocycles. The van der Waals surface area contributed by atoms with Gasteiger partial charge in [0.15, 0.2) is 6.61 Å². The summed E-state index contributed by atoms with van der Waals surface area (Å²) >= 11 is 0. The van der Waals surface area contributed by atoms with Gasteiger partial charge in [-0.15, -0.1) is 0 Å². The lowest BCUT2D eigenvalue weighted by Gasteiger charge is -2.09. The van der Waals surface area contributed by atoms with Crippen molar-refractivity contribution in [3.05, 3.63) is 53.7 Å². The molecule has 122 valence electrons. The van der Waals surface area contributed by atoms with E-state index < -0.39 is 30.3 Å². The fraction of sp³-hybridized carbons (Fsp3) is 0.143. The summed E-state index contributed by atoms with van der Waals surface area (Å²) in [6.45, 7) is -1.51. The Bertz CT molecular complexity index is 701. The average molecular weight is 332 g/mol. The monoisotopic (exact) mass is 332 g/mol.